The van der Waals surface area contributed by atoms with E-state index in [1.165, 1.54) is 25.3 Å². The molecule has 1 heterocycles. The second-order valence-corrected chi connectivity index (χ2v) is 6.25. The van der Waals surface area contributed by atoms with Crippen molar-refractivity contribution in [3.05, 3.63) is 83.7 Å². The lowest BCUT2D eigenvalue weighted by Crippen LogP contribution is -2.11. The van der Waals surface area contributed by atoms with Crippen molar-refractivity contribution in [3.63, 3.8) is 0 Å². The number of H-pyrrole nitrogens is 1. The van der Waals surface area contributed by atoms with Gasteiger partial charge in [-0.2, -0.15) is 5.10 Å². The van der Waals surface area contributed by atoms with Crippen LogP contribution in [0.15, 0.2) is 71.8 Å². The van der Waals surface area contributed by atoms with Gasteiger partial charge in [-0.1, -0.05) is 24.3 Å². The first kappa shape index (κ1) is 19.1. The van der Waals surface area contributed by atoms with Gasteiger partial charge < -0.3 is 14.5 Å². The summed E-state index contributed by atoms with van der Waals surface area (Å²) in [6.07, 6.45) is 1.57. The topological polar surface area (TPSA) is 88.6 Å². The van der Waals surface area contributed by atoms with Gasteiger partial charge in [0, 0.05) is 0 Å². The number of hydrogen-bond donors (Lipinski definition) is 2. The lowest BCUT2D eigenvalue weighted by atomic mass is 10.2. The van der Waals surface area contributed by atoms with Crippen LogP contribution in [0.4, 0.5) is 10.3 Å². The number of ether oxygens (including phenoxy) is 2. The molecule has 0 saturated carbocycles. The number of nitrogens with zero attached hydrogens (tertiary/aromatic N) is 2. The molecule has 0 fully saturated rings. The average Bonchev–Trinajstić information content (AvgIpc) is 3.17. The summed E-state index contributed by atoms with van der Waals surface area (Å²) in [6, 6.07) is 18.1. The van der Waals surface area contributed by atoms with E-state index in [1.807, 2.05) is 24.3 Å². The Labute approximate surface area is 171 Å². The Kier molecular flexibility index (Phi) is 5.38. The van der Waals surface area contributed by atoms with E-state index in [-0.39, 0.29) is 11.3 Å². The third-order valence-electron chi connectivity index (χ3n) is 4.26. The van der Waals surface area contributed by atoms with Crippen LogP contribution in [0.25, 0.3) is 11.0 Å². The first-order valence-electron chi connectivity index (χ1n) is 9.02. The van der Waals surface area contributed by atoms with Gasteiger partial charge in [-0.15, -0.1) is 0 Å². The number of hydrogen-bond acceptors (Lipinski definition) is 6. The Bertz CT molecular complexity index is 1200. The van der Waals surface area contributed by atoms with Crippen molar-refractivity contribution < 1.29 is 18.7 Å². The molecule has 4 rings (SSSR count). The van der Waals surface area contributed by atoms with Gasteiger partial charge in [0.25, 0.3) is 0 Å². The fourth-order valence-electron chi connectivity index (χ4n) is 2.80. The molecule has 0 unspecified atom stereocenters. The van der Waals surface area contributed by atoms with Crippen LogP contribution < -0.4 is 14.9 Å². The lowest BCUT2D eigenvalue weighted by molar-refractivity contribution is 0.0725. The van der Waals surface area contributed by atoms with Crippen molar-refractivity contribution in [2.75, 3.05) is 12.5 Å². The molecular weight excluding hydrogens is 387 g/mol. The number of benzene rings is 3. The van der Waals surface area contributed by atoms with E-state index in [4.69, 9.17) is 9.47 Å². The van der Waals surface area contributed by atoms with Gasteiger partial charge in [0.15, 0.2) is 11.5 Å². The first-order valence-corrected chi connectivity index (χ1v) is 9.02. The van der Waals surface area contributed by atoms with E-state index in [0.29, 0.717) is 17.3 Å². The van der Waals surface area contributed by atoms with Crippen LogP contribution in [-0.2, 0) is 0 Å². The van der Waals surface area contributed by atoms with E-state index in [1.54, 1.807) is 30.5 Å². The van der Waals surface area contributed by atoms with Crippen molar-refractivity contribution in [3.8, 4) is 11.5 Å². The molecule has 4 aromatic rings. The van der Waals surface area contributed by atoms with E-state index in [0.717, 1.165) is 11.0 Å². The van der Waals surface area contributed by atoms with E-state index >= 15 is 0 Å². The Morgan fingerprint density at radius 3 is 2.70 bits per heavy atom. The number of methoxy groups -OCH3 is 1. The predicted octanol–water partition coefficient (Wildman–Crippen LogP) is 4.38. The highest BCUT2D eigenvalue weighted by molar-refractivity contribution is 5.92. The summed E-state index contributed by atoms with van der Waals surface area (Å²) in [5, 5.41) is 4.15. The number of hydrazone groups is 1. The quantitative estimate of drug-likeness (QED) is 0.216. The number of carbonyl (C=O) groups excluding carboxylic acids is 1. The van der Waals surface area contributed by atoms with Gasteiger partial charge in [-0.25, -0.2) is 19.6 Å². The van der Waals surface area contributed by atoms with Crippen LogP contribution in [0.1, 0.15) is 15.9 Å². The Hall–Kier alpha value is -4.20. The number of carbonyl (C=O) groups is 1. The second kappa shape index (κ2) is 8.44. The van der Waals surface area contributed by atoms with Gasteiger partial charge in [-0.05, 0) is 48.0 Å². The van der Waals surface area contributed by atoms with Crippen molar-refractivity contribution in [2.24, 2.45) is 5.10 Å². The molecule has 0 bridgehead atoms. The average molecular weight is 404 g/mol. The summed E-state index contributed by atoms with van der Waals surface area (Å²) in [6.45, 7) is 0. The summed E-state index contributed by atoms with van der Waals surface area (Å²) in [5.74, 6) is -0.461. The minimum atomic E-state index is -0.806. The van der Waals surface area contributed by atoms with Gasteiger partial charge in [0.05, 0.1) is 29.9 Å². The van der Waals surface area contributed by atoms with Crippen molar-refractivity contribution in [2.45, 2.75) is 0 Å². The number of imidazole rings is 1. The smallest absolute Gasteiger partial charge is 0.346 e. The number of halogens is 1. The maximum absolute atomic E-state index is 13.8. The van der Waals surface area contributed by atoms with Crippen molar-refractivity contribution in [1.82, 2.24) is 9.97 Å². The number of esters is 1. The van der Waals surface area contributed by atoms with Gasteiger partial charge in [-0.3, -0.25) is 0 Å². The number of aromatic nitrogens is 2. The highest BCUT2D eigenvalue weighted by atomic mass is 19.1. The maximum Gasteiger partial charge on any atom is 0.346 e. The molecule has 1 aromatic heterocycles. The number of para-hydroxylation sites is 2. The zero-order chi connectivity index (χ0) is 20.9. The molecule has 0 radical (unpaired) electrons. The molecule has 0 aliphatic rings. The normalized spacial score (nSPS) is 11.0. The molecule has 150 valence electrons. The number of aromatic amines is 1. The molecule has 30 heavy (non-hydrogen) atoms. The highest BCUT2D eigenvalue weighted by Crippen LogP contribution is 2.28. The molecule has 0 aliphatic carbocycles. The molecule has 0 saturated heterocycles. The zero-order valence-electron chi connectivity index (χ0n) is 15.9. The molecular formula is C22H17FN4O3. The molecule has 0 amide bonds. The molecule has 0 atom stereocenters. The number of anilines is 1. The summed E-state index contributed by atoms with van der Waals surface area (Å²) in [4.78, 5) is 19.7. The molecule has 7 nitrogen and oxygen atoms in total. The van der Waals surface area contributed by atoms with Crippen LogP contribution in [-0.4, -0.2) is 29.3 Å². The molecule has 3 aromatic carbocycles. The van der Waals surface area contributed by atoms with Crippen molar-refractivity contribution >= 4 is 29.2 Å². The van der Waals surface area contributed by atoms with Crippen LogP contribution >= 0.6 is 0 Å². The summed E-state index contributed by atoms with van der Waals surface area (Å²) < 4.78 is 24.3. The molecule has 0 aliphatic heterocycles. The van der Waals surface area contributed by atoms with E-state index in [9.17, 15) is 9.18 Å². The van der Waals surface area contributed by atoms with E-state index in [2.05, 4.69) is 20.5 Å². The largest absolute Gasteiger partial charge is 0.493 e. The third-order valence-corrected chi connectivity index (χ3v) is 4.26. The zero-order valence-corrected chi connectivity index (χ0v) is 15.9. The molecule has 0 spiro atoms. The number of fused-ring (bicyclic) bond motifs is 1. The van der Waals surface area contributed by atoms with Crippen molar-refractivity contribution in [1.29, 1.82) is 0 Å². The fraction of sp³-hybridized carbons (Fsp3) is 0.0455. The van der Waals surface area contributed by atoms with Gasteiger partial charge >= 0.3 is 5.97 Å². The van der Waals surface area contributed by atoms with E-state index < -0.39 is 11.8 Å². The minimum absolute atomic E-state index is 0.153. The summed E-state index contributed by atoms with van der Waals surface area (Å²) in [7, 11) is 1.45. The number of nitrogens with one attached hydrogen (secondary N) is 2. The standard InChI is InChI=1S/C22H17FN4O3/c1-29-20-12-14(13-24-27-22-25-17-8-4-5-9-18(17)26-22)10-11-19(20)30-21(28)15-6-2-3-7-16(15)23/h2-13H,1H3,(H2,25,26,27)/b24-13-. The first-order chi connectivity index (χ1) is 14.6. The second-order valence-electron chi connectivity index (χ2n) is 6.25. The lowest BCUT2D eigenvalue weighted by Gasteiger charge is -2.10. The minimum Gasteiger partial charge on any atom is -0.493 e. The molecule has 2 N–H and O–H groups in total. The van der Waals surface area contributed by atoms with Gasteiger partial charge in [0.1, 0.15) is 5.82 Å². The van der Waals surface area contributed by atoms with Crippen LogP contribution in [0.5, 0.6) is 11.5 Å². The Balaban J connectivity index is 1.47. The number of rotatable bonds is 6. The predicted molar refractivity (Wildman–Crippen MR) is 112 cm³/mol. The van der Waals surface area contributed by atoms with Crippen LogP contribution in [0.2, 0.25) is 0 Å². The fourth-order valence-corrected chi connectivity index (χ4v) is 2.80. The Morgan fingerprint density at radius 1 is 1.10 bits per heavy atom. The van der Waals surface area contributed by atoms with Crippen LogP contribution in [0, 0.1) is 5.82 Å². The maximum atomic E-state index is 13.8. The summed E-state index contributed by atoms with van der Waals surface area (Å²) in [5.41, 5.74) is 5.10. The summed E-state index contributed by atoms with van der Waals surface area (Å²) >= 11 is 0. The molecule has 8 heteroatoms. The monoisotopic (exact) mass is 404 g/mol. The highest BCUT2D eigenvalue weighted by Gasteiger charge is 2.16. The SMILES string of the molecule is COc1cc(/C=N\Nc2nc3ccccc3[nH]2)ccc1OC(=O)c1ccccc1F. The Morgan fingerprint density at radius 2 is 1.90 bits per heavy atom. The van der Waals surface area contributed by atoms with Crippen LogP contribution in [0.3, 0.4) is 0 Å². The van der Waals surface area contributed by atoms with Gasteiger partial charge in [0.2, 0.25) is 5.95 Å². The third kappa shape index (κ3) is 4.12.